The van der Waals surface area contributed by atoms with Gasteiger partial charge in [-0.05, 0) is 17.7 Å². The molecule has 0 spiro atoms. The Hall–Kier alpha value is -2.12. The molecule has 1 rings (SSSR count). The monoisotopic (exact) mass is 265 g/mol. The summed E-state index contributed by atoms with van der Waals surface area (Å²) in [7, 11) is 0. The van der Waals surface area contributed by atoms with Gasteiger partial charge in [0.05, 0.1) is 6.42 Å². The number of carboxylic acids is 1. The van der Waals surface area contributed by atoms with Crippen LogP contribution in [0.3, 0.4) is 0 Å². The molecular weight excluding hydrogens is 258 g/mol. The zero-order valence-electron chi connectivity index (χ0n) is 8.71. The van der Waals surface area contributed by atoms with Crippen LogP contribution in [0, 0.1) is 5.82 Å². The molecule has 0 bridgehead atoms. The van der Waals surface area contributed by atoms with Crippen molar-refractivity contribution in [1.29, 1.82) is 0 Å². The molecule has 0 aliphatic carbocycles. The van der Waals surface area contributed by atoms with Crippen LogP contribution in [0.5, 0.6) is 0 Å². The van der Waals surface area contributed by atoms with Crippen molar-refractivity contribution in [2.45, 2.75) is 12.6 Å². The normalized spacial score (nSPS) is 11.1. The molecule has 0 saturated carbocycles. The Morgan fingerprint density at radius 2 is 1.89 bits per heavy atom. The maximum atomic E-state index is 13.3. The Kier molecular flexibility index (Phi) is 3.89. The Balaban J connectivity index is 2.85. The Morgan fingerprint density at radius 3 is 2.33 bits per heavy atom. The molecule has 0 aromatic heterocycles. The number of carbonyl (C=O) groups excluding carboxylic acids is 1. The average Bonchev–Trinajstić information content (AvgIpc) is 2.20. The number of benzene rings is 1. The molecule has 1 aromatic rings. The van der Waals surface area contributed by atoms with Crippen LogP contribution in [-0.4, -0.2) is 23.2 Å². The smallest absolute Gasteiger partial charge is 0.471 e. The molecule has 1 aromatic carbocycles. The molecule has 0 unspecified atom stereocenters. The summed E-state index contributed by atoms with van der Waals surface area (Å²) in [5, 5.41) is 9.88. The number of halogens is 4. The van der Waals surface area contributed by atoms with E-state index in [9.17, 15) is 27.2 Å². The molecule has 98 valence electrons. The molecular formula is C10H7F4NO3. The topological polar surface area (TPSA) is 66.4 Å². The second-order valence-electron chi connectivity index (χ2n) is 3.33. The van der Waals surface area contributed by atoms with Gasteiger partial charge in [-0.15, -0.1) is 0 Å². The fraction of sp³-hybridized carbons (Fsp3) is 0.200. The number of hydrogen-bond acceptors (Lipinski definition) is 2. The third kappa shape index (κ3) is 3.72. The summed E-state index contributed by atoms with van der Waals surface area (Å²) >= 11 is 0. The van der Waals surface area contributed by atoms with Crippen LogP contribution < -0.4 is 5.32 Å². The van der Waals surface area contributed by atoms with E-state index in [1.807, 2.05) is 0 Å². The zero-order chi connectivity index (χ0) is 13.9. The standard InChI is InChI=1S/C10H7F4NO3/c11-7-4-6(15-9(18)10(12,13)14)2-1-5(7)3-8(16)17/h1-2,4H,3H2,(H,15,18)(H,16,17). The van der Waals surface area contributed by atoms with Crippen LogP contribution in [0.25, 0.3) is 0 Å². The molecule has 0 saturated heterocycles. The van der Waals surface area contributed by atoms with Crippen LogP contribution in [0.2, 0.25) is 0 Å². The van der Waals surface area contributed by atoms with Crippen LogP contribution in [0.1, 0.15) is 5.56 Å². The summed E-state index contributed by atoms with van der Waals surface area (Å²) < 4.78 is 49.0. The first-order valence-corrected chi connectivity index (χ1v) is 4.58. The molecule has 2 N–H and O–H groups in total. The second-order valence-corrected chi connectivity index (χ2v) is 3.33. The molecule has 0 atom stereocenters. The van der Waals surface area contributed by atoms with E-state index in [0.29, 0.717) is 6.07 Å². The molecule has 0 aliphatic heterocycles. The summed E-state index contributed by atoms with van der Waals surface area (Å²) in [5.74, 6) is -4.51. The minimum absolute atomic E-state index is 0.187. The van der Waals surface area contributed by atoms with Crippen molar-refractivity contribution >= 4 is 17.6 Å². The van der Waals surface area contributed by atoms with Gasteiger partial charge in [0.15, 0.2) is 0 Å². The van der Waals surface area contributed by atoms with Gasteiger partial charge in [0, 0.05) is 5.69 Å². The van der Waals surface area contributed by atoms with Gasteiger partial charge in [0.2, 0.25) is 0 Å². The summed E-state index contributed by atoms with van der Waals surface area (Å²) in [6.45, 7) is 0. The first-order valence-electron chi connectivity index (χ1n) is 4.58. The third-order valence-electron chi connectivity index (χ3n) is 1.91. The van der Waals surface area contributed by atoms with Crippen LogP contribution in [-0.2, 0) is 16.0 Å². The van der Waals surface area contributed by atoms with Gasteiger partial charge >= 0.3 is 18.1 Å². The quantitative estimate of drug-likeness (QED) is 0.821. The third-order valence-corrected chi connectivity index (χ3v) is 1.91. The van der Waals surface area contributed by atoms with Gasteiger partial charge in [0.25, 0.3) is 0 Å². The van der Waals surface area contributed by atoms with E-state index < -0.39 is 36.0 Å². The molecule has 8 heteroatoms. The number of amides is 1. The van der Waals surface area contributed by atoms with Crippen molar-refractivity contribution in [3.8, 4) is 0 Å². The fourth-order valence-corrected chi connectivity index (χ4v) is 1.13. The van der Waals surface area contributed by atoms with Gasteiger partial charge in [0.1, 0.15) is 5.82 Å². The Bertz CT molecular complexity index is 485. The summed E-state index contributed by atoms with van der Waals surface area (Å²) in [6, 6.07) is 2.61. The highest BCUT2D eigenvalue weighted by molar-refractivity contribution is 5.94. The number of anilines is 1. The maximum absolute atomic E-state index is 13.3. The molecule has 1 amide bonds. The minimum atomic E-state index is -5.07. The van der Waals surface area contributed by atoms with Crippen molar-refractivity contribution < 1.29 is 32.3 Å². The maximum Gasteiger partial charge on any atom is 0.471 e. The molecule has 0 aliphatic rings. The first-order chi connectivity index (χ1) is 8.20. The number of nitrogens with one attached hydrogen (secondary N) is 1. The predicted octanol–water partition coefficient (Wildman–Crippen LogP) is 1.95. The predicted molar refractivity (Wildman–Crippen MR) is 52.4 cm³/mol. The lowest BCUT2D eigenvalue weighted by molar-refractivity contribution is -0.167. The van der Waals surface area contributed by atoms with Crippen molar-refractivity contribution in [3.05, 3.63) is 29.6 Å². The van der Waals surface area contributed by atoms with Crippen LogP contribution in [0.15, 0.2) is 18.2 Å². The van der Waals surface area contributed by atoms with E-state index in [1.165, 1.54) is 5.32 Å². The lowest BCUT2D eigenvalue weighted by Gasteiger charge is -2.08. The summed E-state index contributed by atoms with van der Waals surface area (Å²) in [5.41, 5.74) is -0.587. The minimum Gasteiger partial charge on any atom is -0.481 e. The fourth-order valence-electron chi connectivity index (χ4n) is 1.13. The first kappa shape index (κ1) is 13.9. The highest BCUT2D eigenvalue weighted by atomic mass is 19.4. The van der Waals surface area contributed by atoms with E-state index in [-0.39, 0.29) is 5.56 Å². The van der Waals surface area contributed by atoms with E-state index >= 15 is 0 Å². The summed E-state index contributed by atoms with van der Waals surface area (Å²) in [4.78, 5) is 20.9. The number of aliphatic carboxylic acids is 1. The second kappa shape index (κ2) is 5.03. The average molecular weight is 265 g/mol. The van der Waals surface area contributed by atoms with E-state index in [4.69, 9.17) is 5.11 Å². The van der Waals surface area contributed by atoms with Gasteiger partial charge in [-0.1, -0.05) is 6.07 Å². The van der Waals surface area contributed by atoms with E-state index in [1.54, 1.807) is 0 Å². The molecule has 0 fully saturated rings. The Morgan fingerprint density at radius 1 is 1.28 bits per heavy atom. The molecule has 0 heterocycles. The van der Waals surface area contributed by atoms with Crippen LogP contribution in [0.4, 0.5) is 23.2 Å². The Labute approximate surface area is 98.2 Å². The van der Waals surface area contributed by atoms with E-state index in [0.717, 1.165) is 12.1 Å². The van der Waals surface area contributed by atoms with Gasteiger partial charge in [-0.2, -0.15) is 13.2 Å². The van der Waals surface area contributed by atoms with E-state index in [2.05, 4.69) is 0 Å². The SMILES string of the molecule is O=C(O)Cc1ccc(NC(=O)C(F)(F)F)cc1F. The number of rotatable bonds is 3. The largest absolute Gasteiger partial charge is 0.481 e. The summed E-state index contributed by atoms with van der Waals surface area (Å²) in [6.07, 6.45) is -5.67. The number of alkyl halides is 3. The van der Waals surface area contributed by atoms with Crippen molar-refractivity contribution in [1.82, 2.24) is 0 Å². The molecule has 4 nitrogen and oxygen atoms in total. The van der Waals surface area contributed by atoms with Crippen molar-refractivity contribution in [2.75, 3.05) is 5.32 Å². The lowest BCUT2D eigenvalue weighted by Crippen LogP contribution is -2.29. The highest BCUT2D eigenvalue weighted by Gasteiger charge is 2.38. The number of carboxylic acid groups (broad SMARTS) is 1. The number of carbonyl (C=O) groups is 2. The van der Waals surface area contributed by atoms with Crippen molar-refractivity contribution in [3.63, 3.8) is 0 Å². The van der Waals surface area contributed by atoms with Gasteiger partial charge < -0.3 is 10.4 Å². The molecule has 0 radical (unpaired) electrons. The number of hydrogen-bond donors (Lipinski definition) is 2. The highest BCUT2D eigenvalue weighted by Crippen LogP contribution is 2.20. The van der Waals surface area contributed by atoms with Gasteiger partial charge in [-0.3, -0.25) is 9.59 Å². The lowest BCUT2D eigenvalue weighted by atomic mass is 10.1. The molecule has 18 heavy (non-hydrogen) atoms. The van der Waals surface area contributed by atoms with Crippen molar-refractivity contribution in [2.24, 2.45) is 0 Å². The van der Waals surface area contributed by atoms with Gasteiger partial charge in [-0.25, -0.2) is 4.39 Å². The van der Waals surface area contributed by atoms with Crippen LogP contribution >= 0.6 is 0 Å². The zero-order valence-corrected chi connectivity index (χ0v) is 8.71.